The summed E-state index contributed by atoms with van der Waals surface area (Å²) >= 11 is 5.92. The van der Waals surface area contributed by atoms with Crippen LogP contribution in [0, 0.1) is 5.82 Å². The predicted molar refractivity (Wildman–Crippen MR) is 76.0 cm³/mol. The summed E-state index contributed by atoms with van der Waals surface area (Å²) in [5, 5.41) is 11.4. The van der Waals surface area contributed by atoms with Crippen molar-refractivity contribution in [3.8, 4) is 0 Å². The van der Waals surface area contributed by atoms with Crippen molar-refractivity contribution < 1.29 is 9.50 Å². The van der Waals surface area contributed by atoms with Crippen molar-refractivity contribution in [1.29, 1.82) is 0 Å². The molecule has 1 fully saturated rings. The lowest BCUT2D eigenvalue weighted by Crippen LogP contribution is -2.53. The number of aliphatic hydroxyl groups is 1. The molecule has 0 radical (unpaired) electrons. The van der Waals surface area contributed by atoms with Crippen molar-refractivity contribution in [1.82, 2.24) is 4.90 Å². The average Bonchev–Trinajstić information content (AvgIpc) is 2.33. The van der Waals surface area contributed by atoms with Gasteiger partial charge in [0.05, 0.1) is 5.60 Å². The lowest BCUT2D eigenvalue weighted by atomic mass is 9.76. The van der Waals surface area contributed by atoms with E-state index in [1.54, 1.807) is 6.07 Å². The Morgan fingerprint density at radius 2 is 2.16 bits per heavy atom. The van der Waals surface area contributed by atoms with Crippen LogP contribution in [-0.4, -0.2) is 35.7 Å². The van der Waals surface area contributed by atoms with Crippen LogP contribution < -0.4 is 0 Å². The summed E-state index contributed by atoms with van der Waals surface area (Å²) in [6, 6.07) is 4.60. The molecular weight excluding hydrogens is 265 g/mol. The Hall–Kier alpha value is -0.640. The molecule has 0 spiro atoms. The first kappa shape index (κ1) is 14.8. The molecule has 1 saturated carbocycles. The topological polar surface area (TPSA) is 23.5 Å². The summed E-state index contributed by atoms with van der Waals surface area (Å²) in [6.45, 7) is 0. The van der Waals surface area contributed by atoms with Crippen LogP contribution in [0.15, 0.2) is 18.2 Å². The molecule has 0 aliphatic heterocycles. The summed E-state index contributed by atoms with van der Waals surface area (Å²) in [4.78, 5) is 2.04. The number of nitrogens with zero attached hydrogens (tertiary/aromatic N) is 1. The van der Waals surface area contributed by atoms with E-state index >= 15 is 0 Å². The van der Waals surface area contributed by atoms with Gasteiger partial charge in [-0.3, -0.25) is 0 Å². The van der Waals surface area contributed by atoms with Crippen LogP contribution in [0.1, 0.15) is 31.2 Å². The summed E-state index contributed by atoms with van der Waals surface area (Å²) in [5.41, 5.74) is -0.364. The van der Waals surface area contributed by atoms with Crippen LogP contribution in [0.3, 0.4) is 0 Å². The first-order valence-electron chi connectivity index (χ1n) is 6.75. The van der Waals surface area contributed by atoms with Crippen LogP contribution in [0.4, 0.5) is 4.39 Å². The van der Waals surface area contributed by atoms with Gasteiger partial charge in [-0.15, -0.1) is 0 Å². The van der Waals surface area contributed by atoms with Crippen molar-refractivity contribution in [2.75, 3.05) is 14.1 Å². The van der Waals surface area contributed by atoms with Crippen molar-refractivity contribution in [3.63, 3.8) is 0 Å². The molecule has 0 aromatic heterocycles. The molecule has 0 saturated heterocycles. The standard InChI is InChI=1S/C15H21ClFNO/c1-18(2)14-5-3-4-8-15(14,19)10-11-9-12(16)6-7-13(11)17/h6-7,9,14,19H,3-5,8,10H2,1-2H3/t14-,15-/m1/s1. The minimum absolute atomic E-state index is 0.0691. The maximum absolute atomic E-state index is 13.8. The molecule has 1 aromatic carbocycles. The number of hydrogen-bond acceptors (Lipinski definition) is 2. The Balaban J connectivity index is 2.25. The van der Waals surface area contributed by atoms with E-state index < -0.39 is 5.60 Å². The second kappa shape index (κ2) is 5.78. The fourth-order valence-corrected chi connectivity index (χ4v) is 3.35. The van der Waals surface area contributed by atoms with Crippen LogP contribution >= 0.6 is 11.6 Å². The molecule has 1 aromatic rings. The summed E-state index contributed by atoms with van der Waals surface area (Å²) < 4.78 is 13.8. The van der Waals surface area contributed by atoms with Gasteiger partial charge in [-0.05, 0) is 50.7 Å². The van der Waals surface area contributed by atoms with Gasteiger partial charge in [0, 0.05) is 17.5 Å². The van der Waals surface area contributed by atoms with Gasteiger partial charge in [0.25, 0.3) is 0 Å². The van der Waals surface area contributed by atoms with Crippen LogP contribution in [0.2, 0.25) is 5.02 Å². The Bertz CT molecular complexity index is 452. The molecule has 1 aliphatic carbocycles. The van der Waals surface area contributed by atoms with Gasteiger partial charge in [0.2, 0.25) is 0 Å². The molecule has 1 N–H and O–H groups in total. The lowest BCUT2D eigenvalue weighted by molar-refractivity contribution is -0.0603. The normalized spacial score (nSPS) is 27.8. The highest BCUT2D eigenvalue weighted by Gasteiger charge is 2.40. The third kappa shape index (κ3) is 3.28. The Labute approximate surface area is 119 Å². The average molecular weight is 286 g/mol. The zero-order valence-electron chi connectivity index (χ0n) is 11.5. The Morgan fingerprint density at radius 1 is 1.42 bits per heavy atom. The van der Waals surface area contributed by atoms with E-state index in [1.807, 2.05) is 19.0 Å². The molecule has 19 heavy (non-hydrogen) atoms. The van der Waals surface area contributed by atoms with Gasteiger partial charge in [0.1, 0.15) is 5.82 Å². The minimum atomic E-state index is -0.868. The van der Waals surface area contributed by atoms with Gasteiger partial charge < -0.3 is 10.0 Å². The number of benzene rings is 1. The van der Waals surface area contributed by atoms with Crippen molar-refractivity contribution in [2.24, 2.45) is 0 Å². The maximum atomic E-state index is 13.8. The summed E-state index contributed by atoms with van der Waals surface area (Å²) in [5.74, 6) is -0.291. The molecule has 4 heteroatoms. The van der Waals surface area contributed by atoms with Crippen molar-refractivity contribution in [2.45, 2.75) is 43.7 Å². The van der Waals surface area contributed by atoms with Gasteiger partial charge in [-0.25, -0.2) is 4.39 Å². The highest BCUT2D eigenvalue weighted by molar-refractivity contribution is 6.30. The van der Waals surface area contributed by atoms with Gasteiger partial charge in [0.15, 0.2) is 0 Å². The monoisotopic (exact) mass is 285 g/mol. The van der Waals surface area contributed by atoms with Gasteiger partial charge in [-0.2, -0.15) is 0 Å². The van der Waals surface area contributed by atoms with Crippen LogP contribution in [0.25, 0.3) is 0 Å². The third-order valence-electron chi connectivity index (χ3n) is 4.09. The number of rotatable bonds is 3. The smallest absolute Gasteiger partial charge is 0.126 e. The minimum Gasteiger partial charge on any atom is -0.388 e. The fourth-order valence-electron chi connectivity index (χ4n) is 3.16. The van der Waals surface area contributed by atoms with E-state index in [9.17, 15) is 9.50 Å². The molecule has 2 atom stereocenters. The van der Waals surface area contributed by atoms with Gasteiger partial charge >= 0.3 is 0 Å². The highest BCUT2D eigenvalue weighted by atomic mass is 35.5. The molecule has 0 bridgehead atoms. The number of halogens is 2. The fraction of sp³-hybridized carbons (Fsp3) is 0.600. The quantitative estimate of drug-likeness (QED) is 0.921. The molecule has 0 unspecified atom stereocenters. The largest absolute Gasteiger partial charge is 0.388 e. The zero-order chi connectivity index (χ0) is 14.0. The molecule has 106 valence electrons. The number of likely N-dealkylation sites (N-methyl/N-ethyl adjacent to an activating group) is 1. The Morgan fingerprint density at radius 3 is 2.84 bits per heavy atom. The first-order chi connectivity index (χ1) is 8.92. The number of hydrogen-bond donors (Lipinski definition) is 1. The summed E-state index contributed by atoms with van der Waals surface area (Å²) in [6.07, 6.45) is 4.09. The molecule has 2 nitrogen and oxygen atoms in total. The van der Waals surface area contributed by atoms with E-state index in [2.05, 4.69) is 0 Å². The molecular formula is C15H21ClFNO. The summed E-state index contributed by atoms with van der Waals surface area (Å²) in [7, 11) is 3.94. The van der Waals surface area contributed by atoms with E-state index in [0.29, 0.717) is 23.4 Å². The van der Waals surface area contributed by atoms with E-state index in [-0.39, 0.29) is 11.9 Å². The predicted octanol–water partition coefficient (Wildman–Crippen LogP) is 3.26. The van der Waals surface area contributed by atoms with E-state index in [4.69, 9.17) is 11.6 Å². The third-order valence-corrected chi connectivity index (χ3v) is 4.32. The van der Waals surface area contributed by atoms with Crippen LogP contribution in [-0.2, 0) is 6.42 Å². The second-order valence-corrected chi connectivity index (χ2v) is 6.18. The Kier molecular flexibility index (Phi) is 4.49. The second-order valence-electron chi connectivity index (χ2n) is 5.74. The first-order valence-corrected chi connectivity index (χ1v) is 7.13. The van der Waals surface area contributed by atoms with Crippen molar-refractivity contribution >= 4 is 11.6 Å². The molecule has 0 heterocycles. The van der Waals surface area contributed by atoms with Crippen molar-refractivity contribution in [3.05, 3.63) is 34.6 Å². The molecule has 0 amide bonds. The van der Waals surface area contributed by atoms with Gasteiger partial charge in [-0.1, -0.05) is 24.4 Å². The molecule has 2 rings (SSSR count). The van der Waals surface area contributed by atoms with Crippen LogP contribution in [0.5, 0.6) is 0 Å². The zero-order valence-corrected chi connectivity index (χ0v) is 12.3. The highest BCUT2D eigenvalue weighted by Crippen LogP contribution is 2.35. The van der Waals surface area contributed by atoms with E-state index in [0.717, 1.165) is 19.3 Å². The maximum Gasteiger partial charge on any atom is 0.126 e. The van der Waals surface area contributed by atoms with E-state index in [1.165, 1.54) is 12.1 Å². The SMILES string of the molecule is CN(C)[C@@H]1CCCC[C@@]1(O)Cc1cc(Cl)ccc1F. The lowest BCUT2D eigenvalue weighted by Gasteiger charge is -2.43. The molecule has 1 aliphatic rings.